The molecular formula is C11H6N2O3S. The van der Waals surface area contributed by atoms with Crippen LogP contribution in [0, 0.1) is 0 Å². The van der Waals surface area contributed by atoms with Crippen LogP contribution in [0.3, 0.4) is 0 Å². The first-order valence-electron chi connectivity index (χ1n) is 4.80. The topological polar surface area (TPSA) is 65.2 Å². The molecule has 5 nitrogen and oxygen atoms in total. The fourth-order valence-corrected chi connectivity index (χ4v) is 1.83. The SMILES string of the molecule is O=c1oc2ccccc2cc1Oc1nncs1. The van der Waals surface area contributed by atoms with E-state index < -0.39 is 5.63 Å². The summed E-state index contributed by atoms with van der Waals surface area (Å²) in [4.78, 5) is 11.6. The molecule has 0 bridgehead atoms. The third-order valence-corrected chi connectivity index (χ3v) is 2.71. The van der Waals surface area contributed by atoms with Crippen molar-refractivity contribution >= 4 is 22.3 Å². The fraction of sp³-hybridized carbons (Fsp3) is 0. The molecule has 3 aromatic rings. The molecule has 0 radical (unpaired) electrons. The van der Waals surface area contributed by atoms with E-state index in [0.717, 1.165) is 5.39 Å². The van der Waals surface area contributed by atoms with Crippen molar-refractivity contribution in [2.75, 3.05) is 0 Å². The molecule has 0 atom stereocenters. The average Bonchev–Trinajstić information content (AvgIpc) is 2.83. The van der Waals surface area contributed by atoms with E-state index in [1.54, 1.807) is 18.2 Å². The smallest absolute Gasteiger partial charge is 0.379 e. The number of fused-ring (bicyclic) bond motifs is 1. The molecular weight excluding hydrogens is 240 g/mol. The number of para-hydroxylation sites is 1. The molecule has 0 amide bonds. The maximum Gasteiger partial charge on any atom is 0.379 e. The summed E-state index contributed by atoms with van der Waals surface area (Å²) < 4.78 is 10.4. The van der Waals surface area contributed by atoms with Gasteiger partial charge in [0.1, 0.15) is 11.1 Å². The van der Waals surface area contributed by atoms with Crippen molar-refractivity contribution in [3.05, 3.63) is 46.3 Å². The molecule has 3 rings (SSSR count). The van der Waals surface area contributed by atoms with E-state index in [1.807, 2.05) is 12.1 Å². The maximum absolute atomic E-state index is 11.6. The van der Waals surface area contributed by atoms with E-state index in [2.05, 4.69) is 10.2 Å². The Balaban J connectivity index is 2.10. The first-order chi connectivity index (χ1) is 8.33. The lowest BCUT2D eigenvalue weighted by atomic mass is 10.2. The number of rotatable bonds is 2. The zero-order valence-electron chi connectivity index (χ0n) is 8.49. The largest absolute Gasteiger partial charge is 0.422 e. The second kappa shape index (κ2) is 3.99. The van der Waals surface area contributed by atoms with Gasteiger partial charge in [-0.2, -0.15) is 0 Å². The first kappa shape index (κ1) is 9.98. The van der Waals surface area contributed by atoms with Crippen LogP contribution >= 0.6 is 11.3 Å². The van der Waals surface area contributed by atoms with Crippen molar-refractivity contribution in [2.24, 2.45) is 0 Å². The van der Waals surface area contributed by atoms with Crippen molar-refractivity contribution in [2.45, 2.75) is 0 Å². The molecule has 2 heterocycles. The molecule has 0 saturated heterocycles. The second-order valence-corrected chi connectivity index (χ2v) is 4.04. The summed E-state index contributed by atoms with van der Waals surface area (Å²) in [6, 6.07) is 8.85. The van der Waals surface area contributed by atoms with Crippen molar-refractivity contribution in [1.82, 2.24) is 10.2 Å². The van der Waals surface area contributed by atoms with Gasteiger partial charge in [-0.25, -0.2) is 4.79 Å². The predicted molar refractivity (Wildman–Crippen MR) is 62.5 cm³/mol. The van der Waals surface area contributed by atoms with Gasteiger partial charge in [0.25, 0.3) is 5.19 Å². The van der Waals surface area contributed by atoms with E-state index in [1.165, 1.54) is 16.8 Å². The normalized spacial score (nSPS) is 10.6. The van der Waals surface area contributed by atoms with Gasteiger partial charge < -0.3 is 9.15 Å². The Hall–Kier alpha value is -2.21. The Labute approximate surface area is 99.3 Å². The van der Waals surface area contributed by atoms with E-state index in [9.17, 15) is 4.79 Å². The van der Waals surface area contributed by atoms with Crippen molar-refractivity contribution in [3.8, 4) is 10.9 Å². The number of nitrogens with zero attached hydrogens (tertiary/aromatic N) is 2. The highest BCUT2D eigenvalue weighted by molar-refractivity contribution is 7.11. The standard InChI is InChI=1S/C11H6N2O3S/c14-10-9(16-11-13-12-6-17-11)5-7-3-1-2-4-8(7)15-10/h1-6H. The highest BCUT2D eigenvalue weighted by Crippen LogP contribution is 2.22. The summed E-state index contributed by atoms with van der Waals surface area (Å²) in [6.45, 7) is 0. The molecule has 2 aromatic heterocycles. The number of hydrogen-bond acceptors (Lipinski definition) is 6. The summed E-state index contributed by atoms with van der Waals surface area (Å²) in [7, 11) is 0. The predicted octanol–water partition coefficient (Wildman–Crippen LogP) is 2.44. The van der Waals surface area contributed by atoms with Crippen molar-refractivity contribution in [3.63, 3.8) is 0 Å². The Kier molecular flexibility index (Phi) is 2.34. The fourth-order valence-electron chi connectivity index (χ4n) is 1.42. The minimum atomic E-state index is -0.529. The average molecular weight is 246 g/mol. The van der Waals surface area contributed by atoms with Crippen LogP contribution in [0.4, 0.5) is 0 Å². The minimum absolute atomic E-state index is 0.112. The van der Waals surface area contributed by atoms with E-state index in [4.69, 9.17) is 9.15 Å². The summed E-state index contributed by atoms with van der Waals surface area (Å²) in [5.74, 6) is 0.112. The van der Waals surface area contributed by atoms with E-state index in [0.29, 0.717) is 10.8 Å². The van der Waals surface area contributed by atoms with Gasteiger partial charge in [-0.3, -0.25) is 0 Å². The Bertz CT molecular complexity index is 706. The lowest BCUT2D eigenvalue weighted by Crippen LogP contribution is -2.02. The van der Waals surface area contributed by atoms with E-state index >= 15 is 0 Å². The van der Waals surface area contributed by atoms with Gasteiger partial charge in [-0.1, -0.05) is 34.6 Å². The molecule has 0 unspecified atom stereocenters. The molecule has 0 fully saturated rings. The van der Waals surface area contributed by atoms with Gasteiger partial charge in [0, 0.05) is 5.39 Å². The Morgan fingerprint density at radius 2 is 2.18 bits per heavy atom. The molecule has 17 heavy (non-hydrogen) atoms. The Morgan fingerprint density at radius 1 is 1.29 bits per heavy atom. The van der Waals surface area contributed by atoms with Gasteiger partial charge in [0.05, 0.1) is 0 Å². The third kappa shape index (κ3) is 1.90. The highest BCUT2D eigenvalue weighted by atomic mass is 32.1. The lowest BCUT2D eigenvalue weighted by Gasteiger charge is -2.00. The van der Waals surface area contributed by atoms with Gasteiger partial charge in [0.15, 0.2) is 0 Å². The van der Waals surface area contributed by atoms with Crippen molar-refractivity contribution < 1.29 is 9.15 Å². The van der Waals surface area contributed by atoms with Crippen LogP contribution in [0.15, 0.2) is 45.1 Å². The molecule has 0 saturated carbocycles. The minimum Gasteiger partial charge on any atom is -0.422 e. The summed E-state index contributed by atoms with van der Waals surface area (Å²) in [5, 5.41) is 8.43. The molecule has 0 aliphatic rings. The zero-order valence-corrected chi connectivity index (χ0v) is 9.31. The zero-order chi connectivity index (χ0) is 11.7. The van der Waals surface area contributed by atoms with Crippen LogP contribution in [-0.4, -0.2) is 10.2 Å². The molecule has 0 aliphatic heterocycles. The van der Waals surface area contributed by atoms with Crippen LogP contribution in [0.2, 0.25) is 0 Å². The van der Waals surface area contributed by atoms with Gasteiger partial charge >= 0.3 is 5.63 Å². The van der Waals surface area contributed by atoms with Crippen LogP contribution in [-0.2, 0) is 0 Å². The summed E-state index contributed by atoms with van der Waals surface area (Å²) in [5.41, 5.74) is 1.53. The highest BCUT2D eigenvalue weighted by Gasteiger charge is 2.08. The number of hydrogen-bond donors (Lipinski definition) is 0. The molecule has 0 N–H and O–H groups in total. The van der Waals surface area contributed by atoms with Gasteiger partial charge in [0.2, 0.25) is 5.75 Å². The molecule has 1 aromatic carbocycles. The maximum atomic E-state index is 11.6. The van der Waals surface area contributed by atoms with Crippen molar-refractivity contribution in [1.29, 1.82) is 0 Å². The third-order valence-electron chi connectivity index (χ3n) is 2.15. The van der Waals surface area contributed by atoms with Crippen LogP contribution < -0.4 is 10.4 Å². The van der Waals surface area contributed by atoms with Crippen LogP contribution in [0.1, 0.15) is 0 Å². The van der Waals surface area contributed by atoms with Gasteiger partial charge in [-0.05, 0) is 12.1 Å². The second-order valence-electron chi connectivity index (χ2n) is 3.24. The lowest BCUT2D eigenvalue weighted by molar-refractivity contribution is 0.431. The molecule has 6 heteroatoms. The van der Waals surface area contributed by atoms with Gasteiger partial charge in [-0.15, -0.1) is 5.10 Å². The number of benzene rings is 1. The van der Waals surface area contributed by atoms with E-state index in [-0.39, 0.29) is 5.75 Å². The monoisotopic (exact) mass is 246 g/mol. The quantitative estimate of drug-likeness (QED) is 0.650. The first-order valence-corrected chi connectivity index (χ1v) is 5.68. The number of aromatic nitrogens is 2. The molecule has 0 spiro atoms. The van der Waals surface area contributed by atoms with Crippen LogP contribution in [0.5, 0.6) is 10.9 Å². The molecule has 0 aliphatic carbocycles. The number of ether oxygens (including phenoxy) is 1. The summed E-state index contributed by atoms with van der Waals surface area (Å²) in [6.07, 6.45) is 0. The van der Waals surface area contributed by atoms with Crippen LogP contribution in [0.25, 0.3) is 11.0 Å². The summed E-state index contributed by atoms with van der Waals surface area (Å²) >= 11 is 1.21. The molecule has 84 valence electrons. The Morgan fingerprint density at radius 3 is 3.00 bits per heavy atom.